The molecule has 0 atom stereocenters. The van der Waals surface area contributed by atoms with Crippen molar-refractivity contribution >= 4 is 28.5 Å². The van der Waals surface area contributed by atoms with E-state index in [4.69, 9.17) is 11.6 Å². The first kappa shape index (κ1) is 13.1. The lowest BCUT2D eigenvalue weighted by molar-refractivity contribution is 0.687. The zero-order chi connectivity index (χ0) is 12.8. The molecule has 6 heteroatoms. The number of aromatic nitrogens is 4. The SMILES string of the molecule is Cn1ncc2c(NCCCCCCCl)ncnc21. The minimum absolute atomic E-state index is 0.760. The Morgan fingerprint density at radius 1 is 1.22 bits per heavy atom. The number of halogens is 1. The topological polar surface area (TPSA) is 55.6 Å². The number of unbranched alkanes of at least 4 members (excludes halogenated alkanes) is 3. The number of rotatable bonds is 7. The van der Waals surface area contributed by atoms with Gasteiger partial charge in [0.1, 0.15) is 12.1 Å². The molecule has 0 unspecified atom stereocenters. The molecule has 2 aromatic heterocycles. The number of nitrogens with zero attached hydrogens (tertiary/aromatic N) is 4. The van der Waals surface area contributed by atoms with E-state index in [1.165, 1.54) is 12.8 Å². The molecule has 0 aliphatic rings. The Labute approximate surface area is 112 Å². The molecule has 0 saturated carbocycles. The smallest absolute Gasteiger partial charge is 0.163 e. The van der Waals surface area contributed by atoms with Crippen molar-refractivity contribution in [3.8, 4) is 0 Å². The molecular weight excluding hydrogens is 250 g/mol. The van der Waals surface area contributed by atoms with Gasteiger partial charge in [0.25, 0.3) is 0 Å². The van der Waals surface area contributed by atoms with Crippen LogP contribution in [0, 0.1) is 0 Å². The fourth-order valence-electron chi connectivity index (χ4n) is 1.88. The number of hydrogen-bond acceptors (Lipinski definition) is 4. The lowest BCUT2D eigenvalue weighted by Gasteiger charge is -2.05. The molecule has 2 rings (SSSR count). The van der Waals surface area contributed by atoms with Crippen LogP contribution in [0.1, 0.15) is 25.7 Å². The van der Waals surface area contributed by atoms with Crippen LogP contribution in [-0.4, -0.2) is 32.2 Å². The van der Waals surface area contributed by atoms with E-state index in [1.54, 1.807) is 17.2 Å². The summed E-state index contributed by atoms with van der Waals surface area (Å²) in [5.74, 6) is 1.63. The molecule has 0 bridgehead atoms. The van der Waals surface area contributed by atoms with Gasteiger partial charge in [0.15, 0.2) is 5.65 Å². The lowest BCUT2D eigenvalue weighted by atomic mass is 10.2. The highest BCUT2D eigenvalue weighted by molar-refractivity contribution is 6.17. The van der Waals surface area contributed by atoms with Gasteiger partial charge in [-0.1, -0.05) is 12.8 Å². The molecule has 2 aromatic rings. The maximum Gasteiger partial charge on any atom is 0.163 e. The largest absolute Gasteiger partial charge is 0.369 e. The Balaban J connectivity index is 1.88. The van der Waals surface area contributed by atoms with Gasteiger partial charge >= 0.3 is 0 Å². The van der Waals surface area contributed by atoms with Crippen molar-refractivity contribution in [1.82, 2.24) is 19.7 Å². The molecule has 0 aromatic carbocycles. The summed E-state index contributed by atoms with van der Waals surface area (Å²) in [6.07, 6.45) is 7.98. The number of aryl methyl sites for hydroxylation is 1. The normalized spacial score (nSPS) is 11.0. The maximum atomic E-state index is 5.64. The van der Waals surface area contributed by atoms with E-state index in [2.05, 4.69) is 20.4 Å². The van der Waals surface area contributed by atoms with Crippen LogP contribution in [0.3, 0.4) is 0 Å². The second kappa shape index (κ2) is 6.54. The molecule has 0 saturated heterocycles. The summed E-state index contributed by atoms with van der Waals surface area (Å²) in [5.41, 5.74) is 0.856. The average Bonchev–Trinajstić information content (AvgIpc) is 2.77. The van der Waals surface area contributed by atoms with Crippen LogP contribution in [0.2, 0.25) is 0 Å². The van der Waals surface area contributed by atoms with E-state index in [1.807, 2.05) is 7.05 Å². The molecular formula is C12H18ClN5. The fourth-order valence-corrected chi connectivity index (χ4v) is 2.07. The van der Waals surface area contributed by atoms with E-state index in [0.717, 1.165) is 42.1 Å². The number of anilines is 1. The number of alkyl halides is 1. The zero-order valence-electron chi connectivity index (χ0n) is 10.6. The molecule has 0 amide bonds. The Hall–Kier alpha value is -1.36. The third-order valence-corrected chi connectivity index (χ3v) is 3.15. The first-order valence-electron chi connectivity index (χ1n) is 6.25. The highest BCUT2D eigenvalue weighted by atomic mass is 35.5. The summed E-state index contributed by atoms with van der Waals surface area (Å²) >= 11 is 5.64. The third kappa shape index (κ3) is 3.10. The van der Waals surface area contributed by atoms with Crippen molar-refractivity contribution in [2.75, 3.05) is 17.7 Å². The molecule has 18 heavy (non-hydrogen) atoms. The summed E-state index contributed by atoms with van der Waals surface area (Å²) < 4.78 is 1.75. The molecule has 0 aliphatic carbocycles. The van der Waals surface area contributed by atoms with Crippen LogP contribution < -0.4 is 5.32 Å². The highest BCUT2D eigenvalue weighted by Crippen LogP contribution is 2.17. The molecule has 0 spiro atoms. The summed E-state index contributed by atoms with van der Waals surface area (Å²) in [4.78, 5) is 8.46. The van der Waals surface area contributed by atoms with E-state index < -0.39 is 0 Å². The van der Waals surface area contributed by atoms with Crippen LogP contribution in [0.25, 0.3) is 11.0 Å². The summed E-state index contributed by atoms with van der Waals surface area (Å²) in [7, 11) is 1.88. The van der Waals surface area contributed by atoms with E-state index in [9.17, 15) is 0 Å². The number of fused-ring (bicyclic) bond motifs is 1. The van der Waals surface area contributed by atoms with Gasteiger partial charge in [-0.2, -0.15) is 5.10 Å². The lowest BCUT2D eigenvalue weighted by Crippen LogP contribution is -2.04. The van der Waals surface area contributed by atoms with Gasteiger partial charge in [-0.25, -0.2) is 9.97 Å². The molecule has 2 heterocycles. The van der Waals surface area contributed by atoms with Crippen molar-refractivity contribution in [2.45, 2.75) is 25.7 Å². The van der Waals surface area contributed by atoms with Gasteiger partial charge in [0, 0.05) is 19.5 Å². The summed E-state index contributed by atoms with van der Waals surface area (Å²) in [6.45, 7) is 0.920. The summed E-state index contributed by atoms with van der Waals surface area (Å²) in [6, 6.07) is 0. The maximum absolute atomic E-state index is 5.64. The molecule has 0 radical (unpaired) electrons. The summed E-state index contributed by atoms with van der Waals surface area (Å²) in [5, 5.41) is 8.50. The van der Waals surface area contributed by atoms with Gasteiger partial charge in [-0.05, 0) is 12.8 Å². The van der Waals surface area contributed by atoms with Crippen molar-refractivity contribution in [2.24, 2.45) is 7.05 Å². The second-order valence-corrected chi connectivity index (χ2v) is 4.64. The minimum Gasteiger partial charge on any atom is -0.369 e. The van der Waals surface area contributed by atoms with Crippen molar-refractivity contribution in [3.05, 3.63) is 12.5 Å². The van der Waals surface area contributed by atoms with E-state index in [-0.39, 0.29) is 0 Å². The Morgan fingerprint density at radius 3 is 2.89 bits per heavy atom. The Kier molecular flexibility index (Phi) is 4.75. The molecule has 5 nitrogen and oxygen atoms in total. The number of nitrogens with one attached hydrogen (secondary N) is 1. The highest BCUT2D eigenvalue weighted by Gasteiger charge is 2.06. The average molecular weight is 268 g/mol. The standard InChI is InChI=1S/C12H18ClN5/c1-18-12-10(8-17-18)11(15-9-16-12)14-7-5-3-2-4-6-13/h8-9H,2-7H2,1H3,(H,14,15,16). The van der Waals surface area contributed by atoms with Crippen molar-refractivity contribution in [1.29, 1.82) is 0 Å². The predicted molar refractivity (Wildman–Crippen MR) is 74.0 cm³/mol. The van der Waals surface area contributed by atoms with E-state index >= 15 is 0 Å². The quantitative estimate of drug-likeness (QED) is 0.619. The van der Waals surface area contributed by atoms with Crippen LogP contribution >= 0.6 is 11.6 Å². The number of hydrogen-bond donors (Lipinski definition) is 1. The van der Waals surface area contributed by atoms with Crippen LogP contribution in [0.5, 0.6) is 0 Å². The zero-order valence-corrected chi connectivity index (χ0v) is 11.3. The van der Waals surface area contributed by atoms with Gasteiger partial charge in [0.05, 0.1) is 11.6 Å². The first-order chi connectivity index (χ1) is 8.83. The Bertz CT molecular complexity index is 496. The van der Waals surface area contributed by atoms with Gasteiger partial charge in [-0.3, -0.25) is 4.68 Å². The van der Waals surface area contributed by atoms with Crippen LogP contribution in [-0.2, 0) is 7.05 Å². The van der Waals surface area contributed by atoms with Gasteiger partial charge < -0.3 is 5.32 Å². The van der Waals surface area contributed by atoms with Crippen LogP contribution in [0.15, 0.2) is 12.5 Å². The van der Waals surface area contributed by atoms with Crippen LogP contribution in [0.4, 0.5) is 5.82 Å². The first-order valence-corrected chi connectivity index (χ1v) is 6.79. The van der Waals surface area contributed by atoms with Crippen molar-refractivity contribution < 1.29 is 0 Å². The third-order valence-electron chi connectivity index (χ3n) is 2.88. The van der Waals surface area contributed by atoms with Gasteiger partial charge in [-0.15, -0.1) is 11.6 Å². The minimum atomic E-state index is 0.760. The second-order valence-electron chi connectivity index (χ2n) is 4.26. The molecule has 0 aliphatic heterocycles. The molecule has 98 valence electrons. The monoisotopic (exact) mass is 267 g/mol. The predicted octanol–water partition coefficient (Wildman–Crippen LogP) is 2.57. The molecule has 1 N–H and O–H groups in total. The van der Waals surface area contributed by atoms with Crippen molar-refractivity contribution in [3.63, 3.8) is 0 Å². The molecule has 0 fully saturated rings. The Morgan fingerprint density at radius 2 is 2.06 bits per heavy atom. The van der Waals surface area contributed by atoms with Gasteiger partial charge in [0.2, 0.25) is 0 Å². The van der Waals surface area contributed by atoms with E-state index in [0.29, 0.717) is 0 Å². The fraction of sp³-hybridized carbons (Fsp3) is 0.583.